The van der Waals surface area contributed by atoms with E-state index in [-0.39, 0.29) is 12.5 Å². The maximum atomic E-state index is 12.3. The van der Waals surface area contributed by atoms with Gasteiger partial charge in [-0.15, -0.1) is 0 Å². The standard InChI is InChI=1S/C20H18F2N2O3S/c1-12-9-18(16-10-14(26-2)5-8-17(16)23-12)27-11-19(25)24-13-3-6-15(7-4-13)28-20(21)22/h3-10,20H,11H2,1-2H3,(H,24,25). The lowest BCUT2D eigenvalue weighted by atomic mass is 10.1. The van der Waals surface area contributed by atoms with Gasteiger partial charge in [-0.25, -0.2) is 0 Å². The fraction of sp³-hybridized carbons (Fsp3) is 0.200. The van der Waals surface area contributed by atoms with Crippen LogP contribution in [0.1, 0.15) is 5.69 Å². The number of alkyl halides is 2. The topological polar surface area (TPSA) is 60.5 Å². The van der Waals surface area contributed by atoms with Crippen molar-refractivity contribution in [1.82, 2.24) is 4.98 Å². The molecule has 0 spiro atoms. The van der Waals surface area contributed by atoms with Gasteiger partial charge in [0.05, 0.1) is 12.6 Å². The van der Waals surface area contributed by atoms with Gasteiger partial charge >= 0.3 is 0 Å². The Hall–Kier alpha value is -2.87. The molecule has 0 aliphatic carbocycles. The minimum atomic E-state index is -2.48. The van der Waals surface area contributed by atoms with E-state index in [1.807, 2.05) is 13.0 Å². The molecule has 5 nitrogen and oxygen atoms in total. The molecular weight excluding hydrogens is 386 g/mol. The van der Waals surface area contributed by atoms with Crippen LogP contribution in [-0.2, 0) is 4.79 Å². The molecule has 28 heavy (non-hydrogen) atoms. The molecule has 0 aliphatic rings. The molecule has 0 atom stereocenters. The molecule has 1 heterocycles. The number of rotatable bonds is 7. The highest BCUT2D eigenvalue weighted by Gasteiger charge is 2.10. The number of pyridine rings is 1. The number of anilines is 1. The Morgan fingerprint density at radius 2 is 1.93 bits per heavy atom. The molecule has 0 saturated heterocycles. The third-order valence-electron chi connectivity index (χ3n) is 3.83. The second-order valence-corrected chi connectivity index (χ2v) is 6.95. The summed E-state index contributed by atoms with van der Waals surface area (Å²) >= 11 is 0.452. The molecule has 1 aromatic heterocycles. The molecular formula is C20H18F2N2O3S. The highest BCUT2D eigenvalue weighted by Crippen LogP contribution is 2.29. The Labute approximate surface area is 165 Å². The van der Waals surface area contributed by atoms with Crippen LogP contribution in [0, 0.1) is 6.92 Å². The lowest BCUT2D eigenvalue weighted by Gasteiger charge is -2.12. The number of nitrogens with zero attached hydrogens (tertiary/aromatic N) is 1. The van der Waals surface area contributed by atoms with Gasteiger partial charge in [-0.05, 0) is 49.4 Å². The van der Waals surface area contributed by atoms with Gasteiger partial charge in [0.1, 0.15) is 11.5 Å². The Bertz CT molecular complexity index is 981. The summed E-state index contributed by atoms with van der Waals surface area (Å²) in [7, 11) is 1.57. The molecule has 0 fully saturated rings. The summed E-state index contributed by atoms with van der Waals surface area (Å²) in [6.45, 7) is 1.64. The van der Waals surface area contributed by atoms with Gasteiger partial charge in [-0.2, -0.15) is 8.78 Å². The summed E-state index contributed by atoms with van der Waals surface area (Å²) < 4.78 is 35.6. The molecule has 1 amide bonds. The van der Waals surface area contributed by atoms with Crippen molar-refractivity contribution in [2.24, 2.45) is 0 Å². The van der Waals surface area contributed by atoms with E-state index in [1.165, 1.54) is 12.1 Å². The van der Waals surface area contributed by atoms with Gasteiger partial charge < -0.3 is 14.8 Å². The third-order valence-corrected chi connectivity index (χ3v) is 4.55. The number of carbonyl (C=O) groups excluding carboxylic acids is 1. The smallest absolute Gasteiger partial charge is 0.288 e. The number of thioether (sulfide) groups is 1. The van der Waals surface area contributed by atoms with Crippen molar-refractivity contribution in [3.05, 3.63) is 54.2 Å². The number of nitrogens with one attached hydrogen (secondary N) is 1. The molecule has 8 heteroatoms. The molecule has 3 rings (SSSR count). The number of carbonyl (C=O) groups is 1. The molecule has 1 N–H and O–H groups in total. The highest BCUT2D eigenvalue weighted by molar-refractivity contribution is 7.99. The normalized spacial score (nSPS) is 10.9. The number of halogens is 2. The first-order valence-corrected chi connectivity index (χ1v) is 9.25. The summed E-state index contributed by atoms with van der Waals surface area (Å²) in [5.74, 6) is -1.65. The average Bonchev–Trinajstić information content (AvgIpc) is 2.67. The molecule has 146 valence electrons. The van der Waals surface area contributed by atoms with Crippen molar-refractivity contribution in [2.75, 3.05) is 19.0 Å². The van der Waals surface area contributed by atoms with Crippen molar-refractivity contribution in [3.63, 3.8) is 0 Å². The first kappa shape index (κ1) is 19.9. The third kappa shape index (κ3) is 5.10. The zero-order chi connectivity index (χ0) is 20.1. The largest absolute Gasteiger partial charge is 0.497 e. The van der Waals surface area contributed by atoms with E-state index in [0.717, 1.165) is 16.6 Å². The van der Waals surface area contributed by atoms with Crippen molar-refractivity contribution < 1.29 is 23.0 Å². The van der Waals surface area contributed by atoms with Crippen molar-refractivity contribution in [3.8, 4) is 11.5 Å². The van der Waals surface area contributed by atoms with Gasteiger partial charge in [0.2, 0.25) is 0 Å². The van der Waals surface area contributed by atoms with Gasteiger partial charge in [0.25, 0.3) is 11.7 Å². The average molecular weight is 404 g/mol. The van der Waals surface area contributed by atoms with E-state index < -0.39 is 5.76 Å². The highest BCUT2D eigenvalue weighted by atomic mass is 32.2. The molecule has 0 saturated carbocycles. The van der Waals surface area contributed by atoms with Gasteiger partial charge in [-0.3, -0.25) is 9.78 Å². The number of fused-ring (bicyclic) bond motifs is 1. The summed E-state index contributed by atoms with van der Waals surface area (Å²) in [5, 5.41) is 3.42. The molecule has 0 unspecified atom stereocenters. The number of benzene rings is 2. The number of amides is 1. The fourth-order valence-corrected chi connectivity index (χ4v) is 3.11. The van der Waals surface area contributed by atoms with Crippen molar-refractivity contribution >= 4 is 34.3 Å². The number of hydrogen-bond acceptors (Lipinski definition) is 5. The van der Waals surface area contributed by atoms with Crippen LogP contribution >= 0.6 is 11.8 Å². The van der Waals surface area contributed by atoms with Crippen LogP contribution in [0.3, 0.4) is 0 Å². The molecule has 0 bridgehead atoms. The van der Waals surface area contributed by atoms with E-state index in [0.29, 0.717) is 33.8 Å². The van der Waals surface area contributed by atoms with Crippen LogP contribution in [-0.4, -0.2) is 30.4 Å². The maximum Gasteiger partial charge on any atom is 0.288 e. The number of aromatic nitrogens is 1. The lowest BCUT2D eigenvalue weighted by molar-refractivity contribution is -0.118. The van der Waals surface area contributed by atoms with Crippen LogP contribution in [0.4, 0.5) is 14.5 Å². The van der Waals surface area contributed by atoms with Gasteiger partial charge in [-0.1, -0.05) is 11.8 Å². The lowest BCUT2D eigenvalue weighted by Crippen LogP contribution is -2.20. The van der Waals surface area contributed by atoms with Gasteiger partial charge in [0.15, 0.2) is 6.61 Å². The van der Waals surface area contributed by atoms with E-state index >= 15 is 0 Å². The van der Waals surface area contributed by atoms with Crippen LogP contribution in [0.2, 0.25) is 0 Å². The Kier molecular flexibility index (Phi) is 6.30. The number of hydrogen-bond donors (Lipinski definition) is 1. The van der Waals surface area contributed by atoms with Crippen molar-refractivity contribution in [2.45, 2.75) is 17.6 Å². The van der Waals surface area contributed by atoms with E-state index in [1.54, 1.807) is 37.4 Å². The Morgan fingerprint density at radius 1 is 1.18 bits per heavy atom. The van der Waals surface area contributed by atoms with E-state index in [2.05, 4.69) is 10.3 Å². The Balaban J connectivity index is 1.67. The quantitative estimate of drug-likeness (QED) is 0.569. The summed E-state index contributed by atoms with van der Waals surface area (Å²) in [5.41, 5.74) is 2.01. The van der Waals surface area contributed by atoms with E-state index in [9.17, 15) is 13.6 Å². The predicted octanol–water partition coefficient (Wildman–Crippen LogP) is 4.88. The summed E-state index contributed by atoms with van der Waals surface area (Å²) in [6.07, 6.45) is 0. The van der Waals surface area contributed by atoms with Gasteiger partial charge in [0, 0.05) is 27.7 Å². The van der Waals surface area contributed by atoms with E-state index in [4.69, 9.17) is 9.47 Å². The van der Waals surface area contributed by atoms with Crippen molar-refractivity contribution in [1.29, 1.82) is 0 Å². The SMILES string of the molecule is COc1ccc2nc(C)cc(OCC(=O)Nc3ccc(SC(F)F)cc3)c2c1. The van der Waals surface area contributed by atoms with Crippen LogP contribution in [0.5, 0.6) is 11.5 Å². The minimum absolute atomic E-state index is 0.205. The van der Waals surface area contributed by atoms with Crippen LogP contribution in [0.25, 0.3) is 10.9 Å². The maximum absolute atomic E-state index is 12.3. The number of ether oxygens (including phenoxy) is 2. The zero-order valence-corrected chi connectivity index (χ0v) is 16.1. The summed E-state index contributed by atoms with van der Waals surface area (Å²) in [4.78, 5) is 17.1. The second kappa shape index (κ2) is 8.88. The molecule has 3 aromatic rings. The number of aryl methyl sites for hydroxylation is 1. The van der Waals surface area contributed by atoms with Crippen LogP contribution < -0.4 is 14.8 Å². The first-order chi connectivity index (χ1) is 13.4. The second-order valence-electron chi connectivity index (χ2n) is 5.88. The molecule has 2 aromatic carbocycles. The Morgan fingerprint density at radius 3 is 2.61 bits per heavy atom. The summed E-state index contributed by atoms with van der Waals surface area (Å²) in [6, 6.07) is 13.4. The first-order valence-electron chi connectivity index (χ1n) is 8.37. The molecule has 0 aliphatic heterocycles. The zero-order valence-electron chi connectivity index (χ0n) is 15.2. The van der Waals surface area contributed by atoms with Crippen LogP contribution in [0.15, 0.2) is 53.4 Å². The predicted molar refractivity (Wildman–Crippen MR) is 105 cm³/mol. The molecule has 0 radical (unpaired) electrons. The fourth-order valence-electron chi connectivity index (χ4n) is 2.61. The minimum Gasteiger partial charge on any atom is -0.497 e. The number of methoxy groups -OCH3 is 1. The monoisotopic (exact) mass is 404 g/mol.